The predicted octanol–water partition coefficient (Wildman–Crippen LogP) is 5.13. The van der Waals surface area contributed by atoms with Gasteiger partial charge in [0.05, 0.1) is 15.7 Å². The lowest BCUT2D eigenvalue weighted by atomic mass is 10.1. The maximum Gasteiger partial charge on any atom is 0.248 e. The third-order valence-electron chi connectivity index (χ3n) is 5.72. The van der Waals surface area contributed by atoms with Gasteiger partial charge >= 0.3 is 0 Å². The average Bonchev–Trinajstić information content (AvgIpc) is 2.91. The van der Waals surface area contributed by atoms with Gasteiger partial charge in [0.1, 0.15) is 10.6 Å². The minimum atomic E-state index is -4.11. The second kappa shape index (κ2) is 12.0. The van der Waals surface area contributed by atoms with Gasteiger partial charge in [0.15, 0.2) is 5.75 Å². The summed E-state index contributed by atoms with van der Waals surface area (Å²) in [6.45, 7) is 0.592. The maximum atomic E-state index is 13.5. The molecule has 2 heterocycles. The normalized spacial score (nSPS) is 11.4. The predicted molar refractivity (Wildman–Crippen MR) is 151 cm³/mol. The Labute approximate surface area is 236 Å². The van der Waals surface area contributed by atoms with Crippen LogP contribution in [0.25, 0.3) is 0 Å². The van der Waals surface area contributed by atoms with Crippen LogP contribution in [0.3, 0.4) is 0 Å². The molecule has 1 amide bonds. The largest absolute Gasteiger partial charge is 0.454 e. The summed E-state index contributed by atoms with van der Waals surface area (Å²) in [5.74, 6) is -0.564. The van der Waals surface area contributed by atoms with E-state index in [1.54, 1.807) is 49.1 Å². The van der Waals surface area contributed by atoms with Gasteiger partial charge in [0, 0.05) is 63.6 Å². The second-order valence-electron chi connectivity index (χ2n) is 8.73. The van der Waals surface area contributed by atoms with Gasteiger partial charge in [-0.15, -0.1) is 0 Å². The van der Waals surface area contributed by atoms with Crippen molar-refractivity contribution in [2.45, 2.75) is 18.0 Å². The number of halogens is 2. The van der Waals surface area contributed by atoms with Crippen molar-refractivity contribution in [3.63, 3.8) is 0 Å². The molecule has 0 atom stereocenters. The van der Waals surface area contributed by atoms with Crippen molar-refractivity contribution in [1.82, 2.24) is 14.3 Å². The first-order chi connectivity index (χ1) is 18.6. The summed E-state index contributed by atoms with van der Waals surface area (Å²) in [7, 11) is -1.34. The van der Waals surface area contributed by atoms with E-state index in [-0.39, 0.29) is 27.0 Å². The molecule has 2 aromatic heterocycles. The summed E-state index contributed by atoms with van der Waals surface area (Å²) in [5, 5.41) is 0.535. The van der Waals surface area contributed by atoms with Gasteiger partial charge in [-0.05, 0) is 47.5 Å². The Kier molecular flexibility index (Phi) is 8.71. The van der Waals surface area contributed by atoms with Crippen LogP contribution in [0.5, 0.6) is 11.5 Å². The van der Waals surface area contributed by atoms with E-state index >= 15 is 0 Å². The van der Waals surface area contributed by atoms with E-state index in [2.05, 4.69) is 9.97 Å². The second-order valence-corrected chi connectivity index (χ2v) is 11.7. The highest BCUT2D eigenvalue weighted by molar-refractivity contribution is 7.89. The molecule has 4 rings (SSSR count). The number of sulfonamides is 1. The van der Waals surface area contributed by atoms with Crippen LogP contribution in [0, 0.1) is 0 Å². The zero-order chi connectivity index (χ0) is 28.2. The third kappa shape index (κ3) is 6.66. The van der Waals surface area contributed by atoms with Crippen LogP contribution in [0.1, 0.15) is 21.5 Å². The number of rotatable bonds is 10. The highest BCUT2D eigenvalue weighted by Gasteiger charge is 2.30. The Hall–Kier alpha value is -3.70. The Morgan fingerprint density at radius 3 is 2.03 bits per heavy atom. The molecule has 2 N–H and O–H groups in total. The summed E-state index contributed by atoms with van der Waals surface area (Å²) in [5.41, 5.74) is 7.63. The number of primary amides is 1. The van der Waals surface area contributed by atoms with Gasteiger partial charge < -0.3 is 15.4 Å². The fourth-order valence-corrected chi connectivity index (χ4v) is 5.10. The Balaban J connectivity index is 1.99. The number of amides is 1. The molecule has 4 aromatic rings. The number of carbonyl (C=O) groups excluding carboxylic acids is 1. The Bertz CT molecular complexity index is 1550. The van der Waals surface area contributed by atoms with Gasteiger partial charge in [0.2, 0.25) is 15.9 Å². The van der Waals surface area contributed by atoms with Crippen LogP contribution in [0.4, 0.5) is 5.69 Å². The van der Waals surface area contributed by atoms with Crippen molar-refractivity contribution in [3.05, 3.63) is 106 Å². The molecule has 9 nitrogen and oxygen atoms in total. The first kappa shape index (κ1) is 28.3. The molecule has 202 valence electrons. The Morgan fingerprint density at radius 2 is 1.54 bits per heavy atom. The van der Waals surface area contributed by atoms with E-state index in [0.29, 0.717) is 23.8 Å². The van der Waals surface area contributed by atoms with Crippen molar-refractivity contribution in [2.75, 3.05) is 19.0 Å². The summed E-state index contributed by atoms with van der Waals surface area (Å²) in [6.07, 6.45) is 6.71. The molecule has 0 saturated heterocycles. The molecule has 0 radical (unpaired) electrons. The number of nitrogens with two attached hydrogens (primary N) is 1. The molecule has 12 heteroatoms. The third-order valence-corrected chi connectivity index (χ3v) is 8.28. The monoisotopic (exact) mass is 585 g/mol. The van der Waals surface area contributed by atoms with Gasteiger partial charge in [-0.3, -0.25) is 14.8 Å². The molecular weight excluding hydrogens is 561 g/mol. The zero-order valence-electron chi connectivity index (χ0n) is 21.1. The molecule has 0 fully saturated rings. The molecule has 0 spiro atoms. The Morgan fingerprint density at radius 1 is 0.923 bits per heavy atom. The van der Waals surface area contributed by atoms with Crippen LogP contribution in [-0.4, -0.2) is 42.7 Å². The van der Waals surface area contributed by atoms with Crippen molar-refractivity contribution in [1.29, 1.82) is 0 Å². The lowest BCUT2D eigenvalue weighted by Crippen LogP contribution is -2.27. The minimum absolute atomic E-state index is 0.00529. The maximum absolute atomic E-state index is 13.5. The molecular formula is C27H25Cl2N5O4S. The van der Waals surface area contributed by atoms with Gasteiger partial charge in [-0.25, -0.2) is 12.7 Å². The SMILES string of the molecule is CN(C)S(=O)(=O)c1cc(C(N)=O)cc(N(Cc2cccnc2)Cc2cccnc2)c1Oc1ccc(Cl)c(Cl)c1. The highest BCUT2D eigenvalue weighted by Crippen LogP contribution is 2.42. The molecule has 0 saturated carbocycles. The topological polar surface area (TPSA) is 119 Å². The first-order valence-electron chi connectivity index (χ1n) is 11.6. The van der Waals surface area contributed by atoms with Crippen molar-refractivity contribution >= 4 is 44.8 Å². The van der Waals surface area contributed by atoms with E-state index in [1.165, 1.54) is 32.3 Å². The van der Waals surface area contributed by atoms with E-state index in [4.69, 9.17) is 33.7 Å². The smallest absolute Gasteiger partial charge is 0.248 e. The molecule has 2 aromatic carbocycles. The van der Waals surface area contributed by atoms with Crippen molar-refractivity contribution in [3.8, 4) is 11.5 Å². The number of ether oxygens (including phenoxy) is 1. The fourth-order valence-electron chi connectivity index (χ4n) is 3.76. The fraction of sp³-hybridized carbons (Fsp3) is 0.148. The lowest BCUT2D eigenvalue weighted by molar-refractivity contribution is 0.1000. The number of anilines is 1. The zero-order valence-corrected chi connectivity index (χ0v) is 23.4. The van der Waals surface area contributed by atoms with Crippen LogP contribution in [-0.2, 0) is 23.1 Å². The van der Waals surface area contributed by atoms with E-state index in [0.717, 1.165) is 15.4 Å². The summed E-state index contributed by atoms with van der Waals surface area (Å²) in [6, 6.07) is 14.7. The number of hydrogen-bond acceptors (Lipinski definition) is 7. The highest BCUT2D eigenvalue weighted by atomic mass is 35.5. The minimum Gasteiger partial charge on any atom is -0.454 e. The van der Waals surface area contributed by atoms with Crippen molar-refractivity contribution < 1.29 is 17.9 Å². The van der Waals surface area contributed by atoms with E-state index < -0.39 is 15.9 Å². The number of pyridine rings is 2. The van der Waals surface area contributed by atoms with Crippen LogP contribution >= 0.6 is 23.2 Å². The van der Waals surface area contributed by atoms with Crippen LogP contribution in [0.2, 0.25) is 10.0 Å². The molecule has 0 bridgehead atoms. The van der Waals surface area contributed by atoms with Crippen LogP contribution < -0.4 is 15.4 Å². The first-order valence-corrected chi connectivity index (χ1v) is 13.8. The van der Waals surface area contributed by atoms with Gasteiger partial charge in [-0.2, -0.15) is 0 Å². The molecule has 0 aliphatic heterocycles. The van der Waals surface area contributed by atoms with Gasteiger partial charge in [0.25, 0.3) is 0 Å². The van der Waals surface area contributed by atoms with E-state index in [9.17, 15) is 13.2 Å². The average molecular weight is 587 g/mol. The number of nitrogens with zero attached hydrogens (tertiary/aromatic N) is 4. The number of carbonyl (C=O) groups is 1. The van der Waals surface area contributed by atoms with Crippen molar-refractivity contribution in [2.24, 2.45) is 5.73 Å². The quantitative estimate of drug-likeness (QED) is 0.274. The number of benzene rings is 2. The number of hydrogen-bond donors (Lipinski definition) is 1. The number of aromatic nitrogens is 2. The molecule has 39 heavy (non-hydrogen) atoms. The lowest BCUT2D eigenvalue weighted by Gasteiger charge is -2.29. The summed E-state index contributed by atoms with van der Waals surface area (Å²) in [4.78, 5) is 22.4. The van der Waals surface area contributed by atoms with Crippen LogP contribution in [0.15, 0.2) is 84.3 Å². The summed E-state index contributed by atoms with van der Waals surface area (Å²) >= 11 is 12.3. The molecule has 0 aliphatic carbocycles. The molecule has 0 unspecified atom stereocenters. The summed E-state index contributed by atoms with van der Waals surface area (Å²) < 4.78 is 34.3. The molecule has 0 aliphatic rings. The standard InChI is InChI=1S/C27H25Cl2N5O4S/c1-33(2)39(36,37)25-12-20(27(30)35)11-24(26(25)38-21-7-8-22(28)23(29)13-21)34(16-18-5-3-9-31-14-18)17-19-6-4-10-32-15-19/h3-15H,16-17H2,1-2H3,(H2,30,35). The van der Waals surface area contributed by atoms with E-state index in [1.807, 2.05) is 17.0 Å². The van der Waals surface area contributed by atoms with Gasteiger partial charge in [-0.1, -0.05) is 35.3 Å².